The van der Waals surface area contributed by atoms with Crippen LogP contribution in [0.25, 0.3) is 0 Å². The summed E-state index contributed by atoms with van der Waals surface area (Å²) >= 11 is 1.52. The Hall–Kier alpha value is -2.56. The SMILES string of the molecule is O=C(NCCCNC(=O)[C@H](O)[C@@H](O)C(=O)N1CCN(c2ccccc2)CC1)C1=CCCS1. The van der Waals surface area contributed by atoms with E-state index >= 15 is 0 Å². The Bertz CT molecular complexity index is 827. The number of benzene rings is 1. The molecule has 0 bridgehead atoms. The minimum Gasteiger partial charge on any atom is -0.380 e. The van der Waals surface area contributed by atoms with Gasteiger partial charge in [0.15, 0.2) is 12.2 Å². The highest BCUT2D eigenvalue weighted by atomic mass is 32.2. The van der Waals surface area contributed by atoms with Crippen LogP contribution in [0.15, 0.2) is 41.3 Å². The Kier molecular flexibility index (Phi) is 8.95. The summed E-state index contributed by atoms with van der Waals surface area (Å²) in [7, 11) is 0. The second kappa shape index (κ2) is 11.9. The molecule has 0 radical (unpaired) electrons. The molecule has 1 aromatic carbocycles. The Morgan fingerprint density at radius 3 is 2.31 bits per heavy atom. The van der Waals surface area contributed by atoms with E-state index in [1.807, 2.05) is 36.4 Å². The molecule has 2 heterocycles. The summed E-state index contributed by atoms with van der Waals surface area (Å²) in [6.45, 7) is 2.58. The van der Waals surface area contributed by atoms with Crippen molar-refractivity contribution in [3.63, 3.8) is 0 Å². The number of allylic oxidation sites excluding steroid dienone is 1. The van der Waals surface area contributed by atoms with Gasteiger partial charge in [-0.2, -0.15) is 0 Å². The summed E-state index contributed by atoms with van der Waals surface area (Å²) < 4.78 is 0. The van der Waals surface area contributed by atoms with Gasteiger partial charge in [-0.1, -0.05) is 24.3 Å². The quantitative estimate of drug-likeness (QED) is 0.372. The van der Waals surface area contributed by atoms with Crippen molar-refractivity contribution in [3.8, 4) is 0 Å². The van der Waals surface area contributed by atoms with Gasteiger partial charge in [0.2, 0.25) is 0 Å². The fraction of sp³-hybridized carbons (Fsp3) is 0.500. The lowest BCUT2D eigenvalue weighted by atomic mass is 10.1. The first-order chi connectivity index (χ1) is 15.5. The number of nitrogens with zero attached hydrogens (tertiary/aromatic N) is 2. The average Bonchev–Trinajstić information content (AvgIpc) is 3.38. The van der Waals surface area contributed by atoms with Crippen molar-refractivity contribution in [1.29, 1.82) is 0 Å². The van der Waals surface area contributed by atoms with Crippen LogP contribution in [-0.4, -0.2) is 90.1 Å². The van der Waals surface area contributed by atoms with Crippen LogP contribution in [-0.2, 0) is 14.4 Å². The monoisotopic (exact) mass is 462 g/mol. The molecule has 0 aromatic heterocycles. The fourth-order valence-electron chi connectivity index (χ4n) is 3.56. The second-order valence-corrected chi connectivity index (χ2v) is 8.78. The van der Waals surface area contributed by atoms with Gasteiger partial charge < -0.3 is 30.6 Å². The number of anilines is 1. The molecule has 1 aromatic rings. The van der Waals surface area contributed by atoms with Gasteiger partial charge in [-0.15, -0.1) is 11.8 Å². The number of hydrogen-bond donors (Lipinski definition) is 4. The zero-order valence-corrected chi connectivity index (χ0v) is 18.7. The van der Waals surface area contributed by atoms with Gasteiger partial charge in [0.1, 0.15) is 0 Å². The number of rotatable bonds is 9. The van der Waals surface area contributed by atoms with E-state index < -0.39 is 24.0 Å². The van der Waals surface area contributed by atoms with Gasteiger partial charge >= 0.3 is 0 Å². The van der Waals surface area contributed by atoms with Gasteiger partial charge in [-0.05, 0) is 25.0 Å². The number of thioether (sulfide) groups is 1. The van der Waals surface area contributed by atoms with Crippen LogP contribution >= 0.6 is 11.8 Å². The highest BCUT2D eigenvalue weighted by molar-refractivity contribution is 8.04. The molecule has 1 fully saturated rings. The molecule has 174 valence electrons. The zero-order chi connectivity index (χ0) is 22.9. The summed E-state index contributed by atoms with van der Waals surface area (Å²) in [5, 5.41) is 25.6. The van der Waals surface area contributed by atoms with E-state index in [9.17, 15) is 24.6 Å². The first-order valence-electron chi connectivity index (χ1n) is 10.8. The van der Waals surface area contributed by atoms with Crippen LogP contribution < -0.4 is 15.5 Å². The van der Waals surface area contributed by atoms with E-state index in [0.29, 0.717) is 39.1 Å². The van der Waals surface area contributed by atoms with Crippen molar-refractivity contribution >= 4 is 35.2 Å². The zero-order valence-electron chi connectivity index (χ0n) is 17.9. The topological polar surface area (TPSA) is 122 Å². The van der Waals surface area contributed by atoms with Crippen LogP contribution in [0.5, 0.6) is 0 Å². The highest BCUT2D eigenvalue weighted by Crippen LogP contribution is 2.24. The number of para-hydroxylation sites is 1. The lowest BCUT2D eigenvalue weighted by Gasteiger charge is -2.37. The maximum Gasteiger partial charge on any atom is 0.257 e. The maximum absolute atomic E-state index is 12.5. The number of piperazine rings is 1. The maximum atomic E-state index is 12.5. The standard InChI is InChI=1S/C22H30N4O5S/c27-18(21(30)24-10-5-9-23-20(29)17-8-4-15-32-17)19(28)22(31)26-13-11-25(12-14-26)16-6-2-1-3-7-16/h1-3,6-8,18-19,27-28H,4-5,9-15H2,(H,23,29)(H,24,30)/t18-,19-/m1/s1. The second-order valence-electron chi connectivity index (χ2n) is 7.64. The van der Waals surface area contributed by atoms with E-state index in [1.54, 1.807) is 0 Å². The lowest BCUT2D eigenvalue weighted by Crippen LogP contribution is -2.55. The Morgan fingerprint density at radius 1 is 0.969 bits per heavy atom. The summed E-state index contributed by atoms with van der Waals surface area (Å²) in [6, 6.07) is 9.83. The molecule has 0 saturated carbocycles. The molecule has 2 atom stereocenters. The van der Waals surface area contributed by atoms with Crippen molar-refractivity contribution in [2.24, 2.45) is 0 Å². The van der Waals surface area contributed by atoms with Crippen LogP contribution in [0, 0.1) is 0 Å². The first-order valence-corrected chi connectivity index (χ1v) is 11.8. The number of hydrogen-bond acceptors (Lipinski definition) is 7. The number of aliphatic hydroxyl groups excluding tert-OH is 2. The van der Waals surface area contributed by atoms with Gasteiger partial charge in [0.25, 0.3) is 17.7 Å². The van der Waals surface area contributed by atoms with Gasteiger partial charge in [-0.3, -0.25) is 14.4 Å². The third-order valence-corrected chi connectivity index (χ3v) is 6.50. The Labute approximate surface area is 191 Å². The smallest absolute Gasteiger partial charge is 0.257 e. The molecule has 1 saturated heterocycles. The van der Waals surface area contributed by atoms with E-state index in [1.165, 1.54) is 16.7 Å². The van der Waals surface area contributed by atoms with E-state index in [2.05, 4.69) is 15.5 Å². The number of carbonyl (C=O) groups is 3. The molecular formula is C22H30N4O5S. The van der Waals surface area contributed by atoms with Crippen molar-refractivity contribution in [1.82, 2.24) is 15.5 Å². The number of carbonyl (C=O) groups excluding carboxylic acids is 3. The minimum atomic E-state index is -1.84. The molecular weight excluding hydrogens is 432 g/mol. The van der Waals surface area contributed by atoms with E-state index in [4.69, 9.17) is 0 Å². The molecule has 0 aliphatic carbocycles. The molecule has 2 aliphatic rings. The van der Waals surface area contributed by atoms with Gasteiger partial charge in [-0.25, -0.2) is 0 Å². The van der Waals surface area contributed by atoms with Gasteiger partial charge in [0.05, 0.1) is 4.91 Å². The molecule has 32 heavy (non-hydrogen) atoms. The summed E-state index contributed by atoms with van der Waals surface area (Å²) in [5.74, 6) is -0.670. The predicted octanol–water partition coefficient (Wildman–Crippen LogP) is -0.300. The van der Waals surface area contributed by atoms with E-state index in [0.717, 1.165) is 22.8 Å². The van der Waals surface area contributed by atoms with Crippen molar-refractivity contribution in [2.75, 3.05) is 49.9 Å². The number of amides is 3. The van der Waals surface area contributed by atoms with Crippen molar-refractivity contribution in [2.45, 2.75) is 25.0 Å². The van der Waals surface area contributed by atoms with Crippen LogP contribution in [0.1, 0.15) is 12.8 Å². The van der Waals surface area contributed by atoms with Crippen LogP contribution in [0.3, 0.4) is 0 Å². The predicted molar refractivity (Wildman–Crippen MR) is 123 cm³/mol. The molecule has 10 heteroatoms. The summed E-state index contributed by atoms with van der Waals surface area (Å²) in [4.78, 5) is 40.8. The largest absolute Gasteiger partial charge is 0.380 e. The third kappa shape index (κ3) is 6.47. The van der Waals surface area contributed by atoms with E-state index in [-0.39, 0.29) is 12.5 Å². The Balaban J connectivity index is 1.34. The number of aliphatic hydroxyl groups is 2. The molecule has 0 spiro atoms. The molecule has 9 nitrogen and oxygen atoms in total. The van der Waals surface area contributed by atoms with Crippen molar-refractivity contribution in [3.05, 3.63) is 41.3 Å². The van der Waals surface area contributed by atoms with Crippen LogP contribution in [0.4, 0.5) is 5.69 Å². The minimum absolute atomic E-state index is 0.118. The molecule has 3 rings (SSSR count). The summed E-state index contributed by atoms with van der Waals surface area (Å²) in [6.07, 6.45) is -0.398. The molecule has 2 aliphatic heterocycles. The highest BCUT2D eigenvalue weighted by Gasteiger charge is 2.34. The van der Waals surface area contributed by atoms with Gasteiger partial charge in [0, 0.05) is 50.7 Å². The molecule has 0 unspecified atom stereocenters. The average molecular weight is 463 g/mol. The number of nitrogens with one attached hydrogen (secondary N) is 2. The Morgan fingerprint density at radius 2 is 1.66 bits per heavy atom. The van der Waals surface area contributed by atoms with Crippen molar-refractivity contribution < 1.29 is 24.6 Å². The van der Waals surface area contributed by atoms with Crippen LogP contribution in [0.2, 0.25) is 0 Å². The normalized spacial score (nSPS) is 18.0. The third-order valence-electron chi connectivity index (χ3n) is 5.40. The summed E-state index contributed by atoms with van der Waals surface area (Å²) in [5.41, 5.74) is 1.06. The lowest BCUT2D eigenvalue weighted by molar-refractivity contribution is -0.153. The molecule has 3 amide bonds. The fourth-order valence-corrected chi connectivity index (χ4v) is 4.45. The molecule has 4 N–H and O–H groups in total. The first kappa shape index (κ1) is 24.1.